The van der Waals surface area contributed by atoms with Crippen molar-refractivity contribution in [3.63, 3.8) is 0 Å². The van der Waals surface area contributed by atoms with E-state index in [9.17, 15) is 19.5 Å². The lowest BCUT2D eigenvalue weighted by Gasteiger charge is -2.29. The number of carbonyl (C=O) groups is 3. The number of aliphatic hydroxyl groups excluding tert-OH is 1. The molecule has 0 aliphatic heterocycles. The van der Waals surface area contributed by atoms with Crippen molar-refractivity contribution >= 4 is 17.8 Å². The van der Waals surface area contributed by atoms with Crippen LogP contribution in [0.15, 0.2) is 79.9 Å². The van der Waals surface area contributed by atoms with Crippen LogP contribution in [-0.4, -0.2) is 47.7 Å². The number of hydrogen-bond acceptors (Lipinski definition) is 6. The molecule has 8 heteroatoms. The zero-order valence-electron chi connectivity index (χ0n) is 25.8. The van der Waals surface area contributed by atoms with E-state index in [-0.39, 0.29) is 37.4 Å². The number of nitrogens with one attached hydrogen (secondary N) is 2. The fourth-order valence-electron chi connectivity index (χ4n) is 5.47. The second-order valence-electron chi connectivity index (χ2n) is 11.7. The Morgan fingerprint density at radius 3 is 2.34 bits per heavy atom. The second-order valence-corrected chi connectivity index (χ2v) is 11.7. The summed E-state index contributed by atoms with van der Waals surface area (Å²) in [5, 5.41) is 15.9. The highest BCUT2D eigenvalue weighted by Crippen LogP contribution is 2.29. The van der Waals surface area contributed by atoms with Crippen molar-refractivity contribution in [2.45, 2.75) is 88.8 Å². The maximum absolute atomic E-state index is 13.5. The van der Waals surface area contributed by atoms with E-state index in [0.29, 0.717) is 32.3 Å². The summed E-state index contributed by atoms with van der Waals surface area (Å²) in [6, 6.07) is 17.0. The van der Waals surface area contributed by atoms with Crippen molar-refractivity contribution in [3.05, 3.63) is 91.0 Å². The Morgan fingerprint density at radius 1 is 0.955 bits per heavy atom. The standard InChI is InChI=1S/C36H48N2O6/c1-3-5-6-10-16-34(41)44-26-31(23-28-17-19-32(20-18-28)43-25-29-14-8-7-9-15-29)37-35(42)30(13-4-2)24-33(40)38-36(27-39)21-11-12-22-36/h3-4,7-9,14-15,17-20,30-31,39H,1-2,5-6,10-13,16,21-27H2,(H,37,42)(H,38,40)/t30-,31+/m1/s1. The maximum Gasteiger partial charge on any atom is 0.305 e. The van der Waals surface area contributed by atoms with Crippen molar-refractivity contribution in [1.82, 2.24) is 10.6 Å². The molecule has 0 spiro atoms. The largest absolute Gasteiger partial charge is 0.489 e. The lowest BCUT2D eigenvalue weighted by atomic mass is 9.95. The Hall–Kier alpha value is -3.91. The van der Waals surface area contributed by atoms with Crippen LogP contribution in [0.5, 0.6) is 5.75 Å². The minimum absolute atomic E-state index is 0.0128. The molecular weight excluding hydrogens is 556 g/mol. The van der Waals surface area contributed by atoms with Gasteiger partial charge in [-0.15, -0.1) is 13.2 Å². The van der Waals surface area contributed by atoms with Crippen LogP contribution >= 0.6 is 0 Å². The smallest absolute Gasteiger partial charge is 0.305 e. The van der Waals surface area contributed by atoms with E-state index < -0.39 is 17.5 Å². The molecule has 2 amide bonds. The van der Waals surface area contributed by atoms with E-state index in [1.54, 1.807) is 6.08 Å². The molecule has 2 aromatic rings. The molecule has 1 fully saturated rings. The van der Waals surface area contributed by atoms with Crippen molar-refractivity contribution < 1.29 is 29.0 Å². The van der Waals surface area contributed by atoms with Crippen molar-refractivity contribution in [2.75, 3.05) is 13.2 Å². The van der Waals surface area contributed by atoms with E-state index >= 15 is 0 Å². The van der Waals surface area contributed by atoms with E-state index in [4.69, 9.17) is 9.47 Å². The highest BCUT2D eigenvalue weighted by molar-refractivity contribution is 5.86. The van der Waals surface area contributed by atoms with Gasteiger partial charge in [0, 0.05) is 12.8 Å². The number of hydrogen-bond donors (Lipinski definition) is 3. The Bertz CT molecular complexity index is 1190. The Labute approximate surface area is 261 Å². The van der Waals surface area contributed by atoms with Crippen LogP contribution in [0.25, 0.3) is 0 Å². The van der Waals surface area contributed by atoms with Gasteiger partial charge in [0.1, 0.15) is 19.0 Å². The number of ether oxygens (including phenoxy) is 2. The van der Waals surface area contributed by atoms with E-state index in [2.05, 4.69) is 23.8 Å². The molecule has 0 heterocycles. The van der Waals surface area contributed by atoms with Crippen LogP contribution in [0.3, 0.4) is 0 Å². The molecule has 8 nitrogen and oxygen atoms in total. The topological polar surface area (TPSA) is 114 Å². The van der Waals surface area contributed by atoms with Gasteiger partial charge in [-0.1, -0.05) is 67.5 Å². The summed E-state index contributed by atoms with van der Waals surface area (Å²) in [4.78, 5) is 38.8. The molecule has 238 valence electrons. The molecule has 0 unspecified atom stereocenters. The van der Waals surface area contributed by atoms with Crippen molar-refractivity contribution in [3.8, 4) is 5.75 Å². The number of unbranched alkanes of at least 4 members (excludes halogenated alkanes) is 2. The molecular formula is C36H48N2O6. The summed E-state index contributed by atoms with van der Waals surface area (Å²) in [6.45, 7) is 7.83. The van der Waals surface area contributed by atoms with E-state index in [0.717, 1.165) is 55.4 Å². The average Bonchev–Trinajstić information content (AvgIpc) is 3.50. The molecule has 0 radical (unpaired) electrons. The van der Waals surface area contributed by atoms with Gasteiger partial charge in [0.2, 0.25) is 11.8 Å². The predicted octanol–water partition coefficient (Wildman–Crippen LogP) is 5.59. The van der Waals surface area contributed by atoms with Gasteiger partial charge >= 0.3 is 5.97 Å². The first-order valence-electron chi connectivity index (χ1n) is 15.7. The summed E-state index contributed by atoms with van der Waals surface area (Å²) in [6.07, 6.45) is 10.2. The second kappa shape index (κ2) is 18.7. The van der Waals surface area contributed by atoms with Crippen LogP contribution < -0.4 is 15.4 Å². The molecule has 1 aliphatic carbocycles. The van der Waals surface area contributed by atoms with Crippen LogP contribution in [0.1, 0.15) is 75.3 Å². The monoisotopic (exact) mass is 604 g/mol. The summed E-state index contributed by atoms with van der Waals surface area (Å²) in [5.41, 5.74) is 1.41. The number of esters is 1. The molecule has 0 bridgehead atoms. The maximum atomic E-state index is 13.5. The number of rotatable bonds is 20. The first-order valence-corrected chi connectivity index (χ1v) is 15.7. The van der Waals surface area contributed by atoms with Crippen LogP contribution in [-0.2, 0) is 32.1 Å². The van der Waals surface area contributed by atoms with Gasteiger partial charge < -0.3 is 25.2 Å². The Morgan fingerprint density at radius 2 is 1.68 bits per heavy atom. The van der Waals surface area contributed by atoms with Gasteiger partial charge in [-0.3, -0.25) is 14.4 Å². The van der Waals surface area contributed by atoms with Crippen LogP contribution in [0.2, 0.25) is 0 Å². The van der Waals surface area contributed by atoms with Gasteiger partial charge in [0.15, 0.2) is 0 Å². The van der Waals surface area contributed by atoms with Crippen molar-refractivity contribution in [2.24, 2.45) is 5.92 Å². The summed E-state index contributed by atoms with van der Waals surface area (Å²) < 4.78 is 11.5. The van der Waals surface area contributed by atoms with Gasteiger partial charge in [-0.05, 0) is 68.2 Å². The number of amides is 2. The van der Waals surface area contributed by atoms with Gasteiger partial charge in [-0.2, -0.15) is 0 Å². The minimum atomic E-state index is -0.643. The SMILES string of the molecule is C=CCCCCC(=O)OC[C@H](Cc1ccc(OCc2ccccc2)cc1)NC(=O)[C@H](CC=C)CC(=O)NC1(CO)CCCC1. The van der Waals surface area contributed by atoms with E-state index in [1.807, 2.05) is 60.7 Å². The number of aliphatic hydroxyl groups is 1. The van der Waals surface area contributed by atoms with Gasteiger partial charge in [0.25, 0.3) is 0 Å². The molecule has 2 aromatic carbocycles. The molecule has 3 N–H and O–H groups in total. The lowest BCUT2D eigenvalue weighted by molar-refractivity contribution is -0.145. The first-order chi connectivity index (χ1) is 21.4. The minimum Gasteiger partial charge on any atom is -0.489 e. The summed E-state index contributed by atoms with van der Waals surface area (Å²) >= 11 is 0. The van der Waals surface area contributed by atoms with Crippen LogP contribution in [0.4, 0.5) is 0 Å². The zero-order valence-corrected chi connectivity index (χ0v) is 25.8. The van der Waals surface area contributed by atoms with Gasteiger partial charge in [0.05, 0.1) is 24.1 Å². The molecule has 0 saturated heterocycles. The fourth-order valence-corrected chi connectivity index (χ4v) is 5.47. The summed E-state index contributed by atoms with van der Waals surface area (Å²) in [7, 11) is 0. The number of carbonyl (C=O) groups excluding carboxylic acids is 3. The summed E-state index contributed by atoms with van der Waals surface area (Å²) in [5.74, 6) is -0.804. The molecule has 1 aliphatic rings. The van der Waals surface area contributed by atoms with E-state index in [1.165, 1.54) is 0 Å². The number of allylic oxidation sites excluding steroid dienone is 2. The lowest BCUT2D eigenvalue weighted by Crippen LogP contribution is -2.50. The molecule has 3 rings (SSSR count). The third-order valence-electron chi connectivity index (χ3n) is 8.01. The first kappa shape index (κ1) is 34.6. The molecule has 2 atom stereocenters. The predicted molar refractivity (Wildman–Crippen MR) is 172 cm³/mol. The molecule has 1 saturated carbocycles. The Balaban J connectivity index is 1.63. The highest BCUT2D eigenvalue weighted by atomic mass is 16.5. The third kappa shape index (κ3) is 12.0. The molecule has 0 aromatic heterocycles. The van der Waals surface area contributed by atoms with Crippen molar-refractivity contribution in [1.29, 1.82) is 0 Å². The zero-order chi connectivity index (χ0) is 31.6. The average molecular weight is 605 g/mol. The normalized spacial score (nSPS) is 15.0. The highest BCUT2D eigenvalue weighted by Gasteiger charge is 2.35. The Kier molecular flexibility index (Phi) is 14.7. The number of benzene rings is 2. The van der Waals surface area contributed by atoms with Crippen LogP contribution in [0, 0.1) is 5.92 Å². The van der Waals surface area contributed by atoms with Gasteiger partial charge in [-0.25, -0.2) is 0 Å². The fraction of sp³-hybridized carbons (Fsp3) is 0.472. The molecule has 44 heavy (non-hydrogen) atoms. The quantitative estimate of drug-likeness (QED) is 0.103. The third-order valence-corrected chi connectivity index (χ3v) is 8.01.